The Morgan fingerprint density at radius 3 is 2.86 bits per heavy atom. The summed E-state index contributed by atoms with van der Waals surface area (Å²) in [4.78, 5) is 25.3. The van der Waals surface area contributed by atoms with Gasteiger partial charge in [-0.15, -0.1) is 0 Å². The number of nitrogens with one attached hydrogen (secondary N) is 2. The number of ether oxygens (including phenoxy) is 1. The summed E-state index contributed by atoms with van der Waals surface area (Å²) in [5.74, 6) is -2.36. The highest BCUT2D eigenvalue weighted by Crippen LogP contribution is 2.39. The molecule has 0 aliphatic carbocycles. The molecule has 0 bridgehead atoms. The zero-order valence-corrected chi connectivity index (χ0v) is 16.3. The molecule has 1 aromatic carbocycles. The van der Waals surface area contributed by atoms with Crippen LogP contribution in [0.4, 0.5) is 14.9 Å². The minimum atomic E-state index is -4.28. The van der Waals surface area contributed by atoms with Crippen molar-refractivity contribution in [3.05, 3.63) is 23.0 Å². The molecule has 1 atom stereocenters. The minimum Gasteiger partial charge on any atom is -0.506 e. The Bertz CT molecular complexity index is 963. The number of carbonyl (C=O) groups excluding carboxylic acids is 2. The SMILES string of the molecule is O=C1CN(c2c(O)cc3c(c2F)CN(C(=O)NCC2CCCO2)CC3)S(=O)(=O)N1. The van der Waals surface area contributed by atoms with E-state index in [2.05, 4.69) is 5.32 Å². The Balaban J connectivity index is 1.56. The maximum atomic E-state index is 15.2. The first-order valence-corrected chi connectivity index (χ1v) is 10.7. The number of hydrogen-bond donors (Lipinski definition) is 3. The Morgan fingerprint density at radius 2 is 2.21 bits per heavy atom. The van der Waals surface area contributed by atoms with Crippen LogP contribution in [0.15, 0.2) is 6.07 Å². The van der Waals surface area contributed by atoms with E-state index in [1.54, 1.807) is 4.72 Å². The molecule has 4 rings (SSSR count). The Kier molecular flexibility index (Phi) is 4.99. The maximum Gasteiger partial charge on any atom is 0.326 e. The summed E-state index contributed by atoms with van der Waals surface area (Å²) < 4.78 is 47.0. The molecule has 1 aromatic rings. The normalized spacial score (nSPS) is 23.1. The molecule has 1 unspecified atom stereocenters. The van der Waals surface area contributed by atoms with Crippen molar-refractivity contribution < 1.29 is 32.2 Å². The first kappa shape index (κ1) is 19.7. The van der Waals surface area contributed by atoms with Crippen LogP contribution < -0.4 is 14.3 Å². The highest BCUT2D eigenvalue weighted by molar-refractivity contribution is 7.92. The molecular weight excluding hydrogens is 407 g/mol. The molecule has 3 aliphatic heterocycles. The lowest BCUT2D eigenvalue weighted by Gasteiger charge is -2.31. The molecule has 158 valence electrons. The molecule has 0 radical (unpaired) electrons. The number of halogens is 1. The number of phenols is 1. The van der Waals surface area contributed by atoms with E-state index in [0.29, 0.717) is 36.0 Å². The molecule has 3 amide bonds. The second-order valence-corrected chi connectivity index (χ2v) is 8.82. The quantitative estimate of drug-likeness (QED) is 0.620. The van der Waals surface area contributed by atoms with E-state index in [9.17, 15) is 23.1 Å². The van der Waals surface area contributed by atoms with E-state index in [4.69, 9.17) is 4.74 Å². The van der Waals surface area contributed by atoms with Gasteiger partial charge in [0.05, 0.1) is 12.6 Å². The number of aromatic hydroxyl groups is 1. The van der Waals surface area contributed by atoms with E-state index >= 15 is 4.39 Å². The van der Waals surface area contributed by atoms with Gasteiger partial charge in [-0.3, -0.25) is 4.79 Å². The van der Waals surface area contributed by atoms with E-state index in [-0.39, 0.29) is 24.2 Å². The van der Waals surface area contributed by atoms with Crippen LogP contribution in [0.25, 0.3) is 0 Å². The second kappa shape index (κ2) is 7.34. The van der Waals surface area contributed by atoms with Crippen LogP contribution in [0.5, 0.6) is 5.75 Å². The van der Waals surface area contributed by atoms with Gasteiger partial charge in [0, 0.05) is 25.3 Å². The fourth-order valence-corrected chi connectivity index (χ4v) is 4.97. The average molecular weight is 428 g/mol. The lowest BCUT2D eigenvalue weighted by Crippen LogP contribution is -2.45. The summed E-state index contributed by atoms with van der Waals surface area (Å²) in [6.45, 7) is 0.653. The van der Waals surface area contributed by atoms with Crippen molar-refractivity contribution in [1.82, 2.24) is 14.9 Å². The predicted molar refractivity (Wildman–Crippen MR) is 99.0 cm³/mol. The van der Waals surface area contributed by atoms with Gasteiger partial charge in [0.15, 0.2) is 5.82 Å². The third-order valence-corrected chi connectivity index (χ3v) is 6.65. The van der Waals surface area contributed by atoms with Crippen LogP contribution in [0.3, 0.4) is 0 Å². The Labute approximate surface area is 166 Å². The molecule has 0 saturated carbocycles. The minimum absolute atomic E-state index is 0.0262. The number of rotatable bonds is 3. The Morgan fingerprint density at radius 1 is 1.41 bits per heavy atom. The van der Waals surface area contributed by atoms with Gasteiger partial charge in [-0.05, 0) is 30.9 Å². The Hall–Kier alpha value is -2.60. The van der Waals surface area contributed by atoms with E-state index in [0.717, 1.165) is 12.8 Å². The van der Waals surface area contributed by atoms with Gasteiger partial charge in [-0.25, -0.2) is 18.2 Å². The van der Waals surface area contributed by atoms with Crippen molar-refractivity contribution in [2.24, 2.45) is 0 Å². The van der Waals surface area contributed by atoms with Crippen LogP contribution in [-0.4, -0.2) is 62.7 Å². The monoisotopic (exact) mass is 428 g/mol. The van der Waals surface area contributed by atoms with Crippen molar-refractivity contribution in [2.75, 3.05) is 30.5 Å². The van der Waals surface area contributed by atoms with Gasteiger partial charge >= 0.3 is 16.2 Å². The number of phenolic OH excluding ortho intramolecular Hbond substituents is 1. The van der Waals surface area contributed by atoms with E-state index < -0.39 is 39.9 Å². The van der Waals surface area contributed by atoms with Crippen LogP contribution in [0.1, 0.15) is 24.0 Å². The summed E-state index contributed by atoms with van der Waals surface area (Å²) in [5, 5.41) is 13.0. The van der Waals surface area contributed by atoms with Crippen molar-refractivity contribution in [2.45, 2.75) is 31.9 Å². The van der Waals surface area contributed by atoms with E-state index in [1.807, 2.05) is 0 Å². The summed E-state index contributed by atoms with van der Waals surface area (Å²) in [7, 11) is -4.28. The van der Waals surface area contributed by atoms with Crippen LogP contribution in [-0.2, 0) is 32.7 Å². The fraction of sp³-hybridized carbons (Fsp3) is 0.529. The number of benzene rings is 1. The number of carbonyl (C=O) groups is 2. The predicted octanol–water partition coefficient (Wildman–Crippen LogP) is -0.0410. The number of fused-ring (bicyclic) bond motifs is 1. The molecule has 29 heavy (non-hydrogen) atoms. The van der Waals surface area contributed by atoms with Gasteiger partial charge < -0.3 is 20.1 Å². The summed E-state index contributed by atoms with van der Waals surface area (Å²) in [6, 6.07) is 0.916. The van der Waals surface area contributed by atoms with Gasteiger partial charge in [-0.1, -0.05) is 0 Å². The number of amides is 3. The number of anilines is 1. The van der Waals surface area contributed by atoms with Gasteiger partial charge in [0.1, 0.15) is 18.0 Å². The molecule has 0 aromatic heterocycles. The molecule has 3 aliphatic rings. The smallest absolute Gasteiger partial charge is 0.326 e. The lowest BCUT2D eigenvalue weighted by molar-refractivity contribution is -0.117. The summed E-state index contributed by atoms with van der Waals surface area (Å²) >= 11 is 0. The second-order valence-electron chi connectivity index (χ2n) is 7.23. The van der Waals surface area contributed by atoms with Crippen molar-refractivity contribution in [3.8, 4) is 5.75 Å². The first-order valence-electron chi connectivity index (χ1n) is 9.27. The van der Waals surface area contributed by atoms with Gasteiger partial charge in [-0.2, -0.15) is 8.42 Å². The zero-order valence-electron chi connectivity index (χ0n) is 15.5. The fourth-order valence-electron chi connectivity index (χ4n) is 3.81. The molecule has 2 saturated heterocycles. The molecule has 10 nitrogen and oxygen atoms in total. The molecule has 12 heteroatoms. The number of urea groups is 1. The highest BCUT2D eigenvalue weighted by atomic mass is 32.2. The van der Waals surface area contributed by atoms with E-state index in [1.165, 1.54) is 11.0 Å². The van der Waals surface area contributed by atoms with Gasteiger partial charge in [0.25, 0.3) is 5.91 Å². The largest absolute Gasteiger partial charge is 0.506 e. The summed E-state index contributed by atoms with van der Waals surface area (Å²) in [5.41, 5.74) is 0.0115. The molecule has 3 heterocycles. The molecular formula is C17H21FN4O6S. The van der Waals surface area contributed by atoms with Crippen LogP contribution in [0, 0.1) is 5.82 Å². The zero-order chi connectivity index (χ0) is 20.8. The number of hydrogen-bond acceptors (Lipinski definition) is 6. The molecule has 0 spiro atoms. The third-order valence-electron chi connectivity index (χ3n) is 5.28. The van der Waals surface area contributed by atoms with Crippen LogP contribution >= 0.6 is 0 Å². The first-order chi connectivity index (χ1) is 13.8. The average Bonchev–Trinajstić information content (AvgIpc) is 3.27. The van der Waals surface area contributed by atoms with Crippen molar-refractivity contribution in [3.63, 3.8) is 0 Å². The summed E-state index contributed by atoms with van der Waals surface area (Å²) in [6.07, 6.45) is 2.10. The van der Waals surface area contributed by atoms with Crippen molar-refractivity contribution in [1.29, 1.82) is 0 Å². The number of nitrogens with zero attached hydrogens (tertiary/aromatic N) is 2. The molecule has 2 fully saturated rings. The van der Waals surface area contributed by atoms with Gasteiger partial charge in [0.2, 0.25) is 0 Å². The van der Waals surface area contributed by atoms with Crippen molar-refractivity contribution >= 4 is 27.8 Å². The third kappa shape index (κ3) is 3.69. The maximum absolute atomic E-state index is 15.2. The standard InChI is InChI=1S/C17H21FN4O6S/c18-15-12-8-21(17(25)19-7-11-2-1-5-28-11)4-3-10(12)6-13(23)16(15)22-9-14(24)20-29(22,26)27/h6,11,23H,1-5,7-9H2,(H,19,25)(H,20,24). The molecule has 3 N–H and O–H groups in total. The topological polar surface area (TPSA) is 128 Å². The highest BCUT2D eigenvalue weighted by Gasteiger charge is 2.39. The lowest BCUT2D eigenvalue weighted by atomic mass is 9.97. The van der Waals surface area contributed by atoms with Crippen LogP contribution in [0.2, 0.25) is 0 Å².